The topological polar surface area (TPSA) is 105 Å². The predicted molar refractivity (Wildman–Crippen MR) is 150 cm³/mol. The van der Waals surface area contributed by atoms with Crippen LogP contribution in [0.1, 0.15) is 42.3 Å². The molecule has 0 aliphatic carbocycles. The molecule has 2 N–H and O–H groups in total. The molecule has 1 saturated heterocycles. The van der Waals surface area contributed by atoms with Gasteiger partial charge in [-0.05, 0) is 49.0 Å². The van der Waals surface area contributed by atoms with Crippen LogP contribution in [0.15, 0.2) is 48.8 Å². The maximum Gasteiger partial charge on any atom is 0.269 e. The summed E-state index contributed by atoms with van der Waals surface area (Å²) in [5.41, 5.74) is 5.06. The van der Waals surface area contributed by atoms with Crippen molar-refractivity contribution >= 4 is 22.6 Å². The summed E-state index contributed by atoms with van der Waals surface area (Å²) in [7, 11) is 0. The molecule has 5 heterocycles. The highest BCUT2D eigenvalue weighted by atomic mass is 16.2. The molecule has 1 fully saturated rings. The van der Waals surface area contributed by atoms with Crippen molar-refractivity contribution in [3.05, 3.63) is 66.0 Å². The average Bonchev–Trinajstić information content (AvgIpc) is 3.63. The molecule has 9 nitrogen and oxygen atoms in total. The summed E-state index contributed by atoms with van der Waals surface area (Å²) >= 11 is 0. The van der Waals surface area contributed by atoms with E-state index in [1.165, 1.54) is 0 Å². The summed E-state index contributed by atoms with van der Waals surface area (Å²) < 4.78 is 2.27. The van der Waals surface area contributed by atoms with Crippen molar-refractivity contribution in [1.29, 1.82) is 0 Å². The van der Waals surface area contributed by atoms with Gasteiger partial charge < -0.3 is 20.1 Å². The highest BCUT2D eigenvalue weighted by molar-refractivity contribution is 5.97. The van der Waals surface area contributed by atoms with Crippen LogP contribution in [0.3, 0.4) is 0 Å². The van der Waals surface area contributed by atoms with Gasteiger partial charge in [-0.25, -0.2) is 4.98 Å². The fourth-order valence-electron chi connectivity index (χ4n) is 5.63. The Morgan fingerprint density at radius 3 is 2.77 bits per heavy atom. The van der Waals surface area contributed by atoms with Gasteiger partial charge in [-0.15, -0.1) is 0 Å². The van der Waals surface area contributed by atoms with E-state index < -0.39 is 0 Å². The lowest BCUT2D eigenvalue weighted by atomic mass is 10.0. The van der Waals surface area contributed by atoms with E-state index in [0.29, 0.717) is 31.2 Å². The largest absolute Gasteiger partial charge is 0.350 e. The van der Waals surface area contributed by atoms with Crippen molar-refractivity contribution in [2.24, 2.45) is 5.92 Å². The molecule has 0 bridgehead atoms. The number of fused-ring (bicyclic) bond motifs is 2. The standard InChI is InChI=1S/C30H33N7O2/c1-3-28-35-29(27-18-36(19(2)38)11-12-37(27)28)23-6-4-5-21-13-26(33-17-24(21)23)22-7-8-25(32-16-22)30(39)34-15-20-9-10-31-14-20/h4-8,13,16-17,20,31H,3,9-12,14-15,18H2,1-2H3,(H,34,39)/t20-/m1/s1. The number of imidazole rings is 1. The molecule has 0 spiro atoms. The molecule has 0 saturated carbocycles. The molecule has 2 aliphatic rings. The second-order valence-corrected chi connectivity index (χ2v) is 10.4. The van der Waals surface area contributed by atoms with Gasteiger partial charge in [0.2, 0.25) is 5.91 Å². The Bertz CT molecular complexity index is 1540. The minimum absolute atomic E-state index is 0.0823. The Balaban J connectivity index is 1.27. The van der Waals surface area contributed by atoms with E-state index in [2.05, 4.69) is 39.2 Å². The summed E-state index contributed by atoms with van der Waals surface area (Å²) in [4.78, 5) is 40.7. The third kappa shape index (κ3) is 4.90. The number of benzene rings is 1. The molecule has 1 aromatic carbocycles. The van der Waals surface area contributed by atoms with Gasteiger partial charge in [0.25, 0.3) is 5.91 Å². The minimum Gasteiger partial charge on any atom is -0.350 e. The second kappa shape index (κ2) is 10.6. The first-order valence-corrected chi connectivity index (χ1v) is 13.7. The normalized spacial score (nSPS) is 16.9. The molecule has 200 valence electrons. The third-order valence-corrected chi connectivity index (χ3v) is 7.87. The average molecular weight is 524 g/mol. The van der Waals surface area contributed by atoms with Gasteiger partial charge in [-0.3, -0.25) is 19.6 Å². The van der Waals surface area contributed by atoms with Gasteiger partial charge in [-0.2, -0.15) is 0 Å². The van der Waals surface area contributed by atoms with Crippen molar-refractivity contribution in [3.8, 4) is 22.5 Å². The number of hydrogen-bond donors (Lipinski definition) is 2. The molecule has 3 aromatic heterocycles. The quantitative estimate of drug-likeness (QED) is 0.401. The zero-order chi connectivity index (χ0) is 26.9. The van der Waals surface area contributed by atoms with E-state index in [0.717, 1.165) is 77.3 Å². The van der Waals surface area contributed by atoms with Crippen LogP contribution >= 0.6 is 0 Å². The SMILES string of the molecule is CCc1nc(-c2cccc3cc(-c4ccc(C(=O)NC[C@@H]5CCNC5)nc4)ncc23)c2n1CCN(C(C)=O)C2. The number of nitrogens with one attached hydrogen (secondary N) is 2. The smallest absolute Gasteiger partial charge is 0.269 e. The molecule has 1 atom stereocenters. The fraction of sp³-hybridized carbons (Fsp3) is 0.367. The first-order chi connectivity index (χ1) is 19.0. The Morgan fingerprint density at radius 2 is 2.03 bits per heavy atom. The maximum absolute atomic E-state index is 12.5. The van der Waals surface area contributed by atoms with Crippen LogP contribution in [0.2, 0.25) is 0 Å². The number of hydrogen-bond acceptors (Lipinski definition) is 6. The van der Waals surface area contributed by atoms with E-state index in [1.54, 1.807) is 19.2 Å². The number of amides is 2. The van der Waals surface area contributed by atoms with Gasteiger partial charge in [-0.1, -0.05) is 25.1 Å². The van der Waals surface area contributed by atoms with Gasteiger partial charge in [0, 0.05) is 61.9 Å². The van der Waals surface area contributed by atoms with Gasteiger partial charge >= 0.3 is 0 Å². The third-order valence-electron chi connectivity index (χ3n) is 7.87. The van der Waals surface area contributed by atoms with E-state index in [1.807, 2.05) is 29.3 Å². The zero-order valence-electron chi connectivity index (χ0n) is 22.4. The lowest BCUT2D eigenvalue weighted by molar-refractivity contribution is -0.130. The minimum atomic E-state index is -0.150. The fourth-order valence-corrected chi connectivity index (χ4v) is 5.63. The Labute approximate surface area is 227 Å². The van der Waals surface area contributed by atoms with Crippen molar-refractivity contribution in [1.82, 2.24) is 35.1 Å². The van der Waals surface area contributed by atoms with Crippen LogP contribution in [0.25, 0.3) is 33.3 Å². The summed E-state index contributed by atoms with van der Waals surface area (Å²) in [6.07, 6.45) is 5.51. The molecule has 9 heteroatoms. The number of nitrogens with zero attached hydrogens (tertiary/aromatic N) is 5. The summed E-state index contributed by atoms with van der Waals surface area (Å²) in [6.45, 7) is 8.38. The molecule has 39 heavy (non-hydrogen) atoms. The molecule has 2 aliphatic heterocycles. The number of carbonyl (C=O) groups excluding carboxylic acids is 2. The zero-order valence-corrected chi connectivity index (χ0v) is 22.4. The van der Waals surface area contributed by atoms with E-state index in [-0.39, 0.29) is 11.8 Å². The predicted octanol–water partition coefficient (Wildman–Crippen LogP) is 3.42. The van der Waals surface area contributed by atoms with Crippen molar-refractivity contribution < 1.29 is 9.59 Å². The van der Waals surface area contributed by atoms with Crippen LogP contribution in [0, 0.1) is 5.92 Å². The number of aryl methyl sites for hydroxylation is 1. The summed E-state index contributed by atoms with van der Waals surface area (Å²) in [5.74, 6) is 1.45. The van der Waals surface area contributed by atoms with Gasteiger partial charge in [0.1, 0.15) is 11.5 Å². The van der Waals surface area contributed by atoms with E-state index in [9.17, 15) is 9.59 Å². The Kier molecular flexibility index (Phi) is 6.83. The number of aromatic nitrogens is 4. The van der Waals surface area contributed by atoms with Crippen LogP contribution in [0.5, 0.6) is 0 Å². The molecule has 2 amide bonds. The van der Waals surface area contributed by atoms with Crippen molar-refractivity contribution in [2.75, 3.05) is 26.2 Å². The number of carbonyl (C=O) groups is 2. The van der Waals surface area contributed by atoms with E-state index >= 15 is 0 Å². The molecular weight excluding hydrogens is 490 g/mol. The van der Waals surface area contributed by atoms with Crippen LogP contribution in [0.4, 0.5) is 0 Å². The second-order valence-electron chi connectivity index (χ2n) is 10.4. The summed E-state index contributed by atoms with van der Waals surface area (Å²) in [5, 5.41) is 8.37. The summed E-state index contributed by atoms with van der Waals surface area (Å²) in [6, 6.07) is 11.9. The van der Waals surface area contributed by atoms with Crippen LogP contribution in [-0.2, 0) is 24.3 Å². The highest BCUT2D eigenvalue weighted by Crippen LogP contribution is 2.34. The van der Waals surface area contributed by atoms with Crippen LogP contribution < -0.4 is 10.6 Å². The Hall–Kier alpha value is -4.11. The first-order valence-electron chi connectivity index (χ1n) is 13.7. The molecular formula is C30H33N7O2. The monoisotopic (exact) mass is 523 g/mol. The maximum atomic E-state index is 12.5. The van der Waals surface area contributed by atoms with Gasteiger partial charge in [0.05, 0.1) is 23.6 Å². The lowest BCUT2D eigenvalue weighted by Crippen LogP contribution is -2.37. The molecule has 0 radical (unpaired) electrons. The van der Waals surface area contributed by atoms with Crippen molar-refractivity contribution in [2.45, 2.75) is 39.8 Å². The molecule has 4 aromatic rings. The van der Waals surface area contributed by atoms with Crippen molar-refractivity contribution in [3.63, 3.8) is 0 Å². The lowest BCUT2D eigenvalue weighted by Gasteiger charge is -2.28. The first kappa shape index (κ1) is 25.2. The molecule has 0 unspecified atom stereocenters. The number of rotatable bonds is 6. The van der Waals surface area contributed by atoms with Crippen LogP contribution in [-0.4, -0.2) is 62.4 Å². The molecule has 6 rings (SSSR count). The Morgan fingerprint density at radius 1 is 1.13 bits per heavy atom. The van der Waals surface area contributed by atoms with E-state index in [4.69, 9.17) is 9.97 Å². The number of pyridine rings is 2. The highest BCUT2D eigenvalue weighted by Gasteiger charge is 2.26. The van der Waals surface area contributed by atoms with Gasteiger partial charge in [0.15, 0.2) is 0 Å².